The minimum absolute atomic E-state index is 0.0243. The first-order valence-electron chi connectivity index (χ1n) is 9.84. The van der Waals surface area contributed by atoms with E-state index in [1.165, 1.54) is 12.1 Å². The molecule has 30 heavy (non-hydrogen) atoms. The average Bonchev–Trinajstić information content (AvgIpc) is 3.14. The van der Waals surface area contributed by atoms with Crippen molar-refractivity contribution in [3.05, 3.63) is 53.5 Å². The molecule has 1 fully saturated rings. The van der Waals surface area contributed by atoms with Crippen LogP contribution in [0.15, 0.2) is 36.5 Å². The maximum absolute atomic E-state index is 14.4. The molecule has 0 bridgehead atoms. The van der Waals surface area contributed by atoms with Gasteiger partial charge in [-0.05, 0) is 25.1 Å². The largest absolute Gasteiger partial charge is 0.490 e. The molecule has 1 atom stereocenters. The number of amides is 1. The smallest absolute Gasteiger partial charge is 0.256 e. The summed E-state index contributed by atoms with van der Waals surface area (Å²) in [6.45, 7) is 2.88. The number of likely N-dealkylation sites (tertiary alicyclic amines) is 1. The number of nitrogens with zero attached hydrogens (tertiary/aromatic N) is 2. The van der Waals surface area contributed by atoms with Gasteiger partial charge in [-0.2, -0.15) is 5.10 Å². The van der Waals surface area contributed by atoms with E-state index >= 15 is 0 Å². The van der Waals surface area contributed by atoms with Crippen molar-refractivity contribution in [1.29, 1.82) is 0 Å². The minimum atomic E-state index is -0.631. The highest BCUT2D eigenvalue weighted by atomic mass is 19.1. The molecule has 2 aromatic carbocycles. The third kappa shape index (κ3) is 3.28. The van der Waals surface area contributed by atoms with Gasteiger partial charge in [0.1, 0.15) is 30.0 Å². The molecule has 0 saturated carbocycles. The third-order valence-corrected chi connectivity index (χ3v) is 5.75. The second kappa shape index (κ2) is 7.12. The van der Waals surface area contributed by atoms with Gasteiger partial charge in [-0.1, -0.05) is 0 Å². The summed E-state index contributed by atoms with van der Waals surface area (Å²) in [4.78, 5) is 25.9. The van der Waals surface area contributed by atoms with E-state index in [9.17, 15) is 14.0 Å². The van der Waals surface area contributed by atoms with E-state index in [0.29, 0.717) is 24.4 Å². The molecule has 154 valence electrons. The summed E-state index contributed by atoms with van der Waals surface area (Å²) in [6, 6.07) is 8.36. The van der Waals surface area contributed by atoms with Crippen molar-refractivity contribution in [1.82, 2.24) is 15.1 Å². The van der Waals surface area contributed by atoms with Crippen molar-refractivity contribution in [2.45, 2.75) is 19.4 Å². The summed E-state index contributed by atoms with van der Waals surface area (Å²) in [5.41, 5.74) is 1.43. The molecule has 8 heteroatoms. The molecule has 0 spiro atoms. The summed E-state index contributed by atoms with van der Waals surface area (Å²) < 4.78 is 25.7. The number of fused-ring (bicyclic) bond motifs is 2. The van der Waals surface area contributed by atoms with E-state index in [1.54, 1.807) is 11.1 Å². The van der Waals surface area contributed by atoms with Crippen LogP contribution >= 0.6 is 0 Å². The Balaban J connectivity index is 1.23. The van der Waals surface area contributed by atoms with Gasteiger partial charge in [-0.15, -0.1) is 0 Å². The van der Waals surface area contributed by atoms with Crippen LogP contribution in [0.3, 0.4) is 0 Å². The highest BCUT2D eigenvalue weighted by Crippen LogP contribution is 2.30. The Morgan fingerprint density at radius 1 is 1.33 bits per heavy atom. The van der Waals surface area contributed by atoms with Gasteiger partial charge in [0, 0.05) is 48.5 Å². The van der Waals surface area contributed by atoms with E-state index in [4.69, 9.17) is 9.47 Å². The predicted molar refractivity (Wildman–Crippen MR) is 106 cm³/mol. The molecule has 1 unspecified atom stereocenters. The fourth-order valence-corrected chi connectivity index (χ4v) is 3.90. The Labute approximate surface area is 171 Å². The van der Waals surface area contributed by atoms with Crippen LogP contribution in [0.2, 0.25) is 0 Å². The zero-order chi connectivity index (χ0) is 20.8. The number of hydrogen-bond donors (Lipinski definition) is 1. The fourth-order valence-electron chi connectivity index (χ4n) is 3.90. The van der Waals surface area contributed by atoms with Gasteiger partial charge < -0.3 is 14.4 Å². The lowest BCUT2D eigenvalue weighted by atomic mass is 9.93. The second-order valence-electron chi connectivity index (χ2n) is 7.86. The highest BCUT2D eigenvalue weighted by Gasteiger charge is 2.37. The number of halogens is 1. The zero-order valence-corrected chi connectivity index (χ0v) is 16.4. The van der Waals surface area contributed by atoms with E-state index in [1.807, 2.05) is 25.1 Å². The first kappa shape index (κ1) is 18.6. The Morgan fingerprint density at radius 3 is 3.00 bits per heavy atom. The molecule has 3 heterocycles. The second-order valence-corrected chi connectivity index (χ2v) is 7.86. The first-order chi connectivity index (χ1) is 14.5. The van der Waals surface area contributed by atoms with Crippen molar-refractivity contribution >= 4 is 22.6 Å². The van der Waals surface area contributed by atoms with E-state index in [-0.39, 0.29) is 42.3 Å². The van der Waals surface area contributed by atoms with Crippen LogP contribution in [-0.4, -0.2) is 52.6 Å². The molecule has 1 N–H and O–H groups in total. The maximum Gasteiger partial charge on any atom is 0.256 e. The normalized spacial score (nSPS) is 17.3. The van der Waals surface area contributed by atoms with Crippen LogP contribution in [0.5, 0.6) is 11.5 Å². The van der Waals surface area contributed by atoms with Crippen LogP contribution in [-0.2, 0) is 11.2 Å². The number of carbonyl (C=O) groups excluding carboxylic acids is 2. The Hall–Kier alpha value is -3.42. The monoisotopic (exact) mass is 409 g/mol. The van der Waals surface area contributed by atoms with Crippen LogP contribution in [0.4, 0.5) is 4.39 Å². The number of carbonyl (C=O) groups is 2. The quantitative estimate of drug-likeness (QED) is 0.716. The van der Waals surface area contributed by atoms with Gasteiger partial charge in [-0.25, -0.2) is 4.39 Å². The topological polar surface area (TPSA) is 84.5 Å². The maximum atomic E-state index is 14.4. The molecule has 2 aliphatic rings. The van der Waals surface area contributed by atoms with Crippen molar-refractivity contribution in [2.75, 3.05) is 19.7 Å². The number of hydrogen-bond acceptors (Lipinski definition) is 5. The number of H-pyrrole nitrogens is 1. The van der Waals surface area contributed by atoms with Crippen LogP contribution in [0.1, 0.15) is 22.8 Å². The number of Topliss-reactive ketones (excluding diaryl/α,β-unsaturated/α-hetero) is 1. The van der Waals surface area contributed by atoms with Crippen molar-refractivity contribution < 1.29 is 23.5 Å². The molecule has 1 aromatic heterocycles. The molecular formula is C22H20FN3O4. The summed E-state index contributed by atoms with van der Waals surface area (Å²) in [6.07, 6.45) is 1.80. The standard InChI is InChI=1S/C22H20FN3O4/c1-12(30-17-3-2-13-8-24-25-20(13)6-17)15-9-26(10-15)22(28)18-5-14-4-16(27)11-29-21(14)7-19(18)23/h2-3,5-8,12,15H,4,9-11H2,1H3,(H,24,25). The molecule has 0 radical (unpaired) electrons. The van der Waals surface area contributed by atoms with Gasteiger partial charge >= 0.3 is 0 Å². The molecule has 1 saturated heterocycles. The number of aromatic nitrogens is 2. The number of ether oxygens (including phenoxy) is 2. The molecule has 1 amide bonds. The van der Waals surface area contributed by atoms with Crippen molar-refractivity contribution in [2.24, 2.45) is 5.92 Å². The zero-order valence-electron chi connectivity index (χ0n) is 16.4. The highest BCUT2D eigenvalue weighted by molar-refractivity contribution is 5.96. The molecular weight excluding hydrogens is 389 g/mol. The van der Waals surface area contributed by atoms with E-state index in [0.717, 1.165) is 16.7 Å². The summed E-state index contributed by atoms with van der Waals surface area (Å²) in [7, 11) is 0. The predicted octanol–water partition coefficient (Wildman–Crippen LogP) is 2.75. The molecule has 0 aliphatic carbocycles. The number of rotatable bonds is 4. The van der Waals surface area contributed by atoms with E-state index < -0.39 is 5.82 Å². The summed E-state index contributed by atoms with van der Waals surface area (Å²) >= 11 is 0. The fraction of sp³-hybridized carbons (Fsp3) is 0.318. The summed E-state index contributed by atoms with van der Waals surface area (Å²) in [5.74, 6) is 0.119. The molecule has 7 nitrogen and oxygen atoms in total. The van der Waals surface area contributed by atoms with Gasteiger partial charge in [0.2, 0.25) is 0 Å². The molecule has 3 aromatic rings. The Kier molecular flexibility index (Phi) is 4.42. The number of benzene rings is 2. The van der Waals surface area contributed by atoms with E-state index in [2.05, 4.69) is 10.2 Å². The van der Waals surface area contributed by atoms with Gasteiger partial charge in [-0.3, -0.25) is 14.7 Å². The number of ketones is 1. The van der Waals surface area contributed by atoms with Gasteiger partial charge in [0.05, 0.1) is 17.3 Å². The first-order valence-corrected chi connectivity index (χ1v) is 9.84. The lowest BCUT2D eigenvalue weighted by molar-refractivity contribution is -0.121. The van der Waals surface area contributed by atoms with Gasteiger partial charge in [0.25, 0.3) is 5.91 Å². The minimum Gasteiger partial charge on any atom is -0.490 e. The lowest BCUT2D eigenvalue weighted by Gasteiger charge is -2.42. The summed E-state index contributed by atoms with van der Waals surface area (Å²) in [5, 5.41) is 7.92. The van der Waals surface area contributed by atoms with Crippen LogP contribution in [0, 0.1) is 11.7 Å². The Morgan fingerprint density at radius 2 is 2.17 bits per heavy atom. The third-order valence-electron chi connectivity index (χ3n) is 5.75. The van der Waals surface area contributed by atoms with Gasteiger partial charge in [0.15, 0.2) is 5.78 Å². The number of nitrogens with one attached hydrogen (secondary N) is 1. The SMILES string of the molecule is CC(Oc1ccc2cn[nH]c2c1)C1CN(C(=O)c2cc3c(cc2F)OCC(=O)C3)C1. The molecule has 2 aliphatic heterocycles. The van der Waals surface area contributed by atoms with Crippen LogP contribution < -0.4 is 9.47 Å². The number of aromatic amines is 1. The molecule has 5 rings (SSSR count). The van der Waals surface area contributed by atoms with Crippen LogP contribution in [0.25, 0.3) is 10.9 Å². The van der Waals surface area contributed by atoms with Crippen molar-refractivity contribution in [3.8, 4) is 11.5 Å². The average molecular weight is 409 g/mol. The lowest BCUT2D eigenvalue weighted by Crippen LogP contribution is -2.55. The Bertz CT molecular complexity index is 1150. The van der Waals surface area contributed by atoms with Crippen molar-refractivity contribution in [3.63, 3.8) is 0 Å².